The summed E-state index contributed by atoms with van der Waals surface area (Å²) in [4.78, 5) is 16.7. The minimum Gasteiger partial charge on any atom is -0.343 e. The summed E-state index contributed by atoms with van der Waals surface area (Å²) in [7, 11) is 0. The minimum absolute atomic E-state index is 0.154. The number of rotatable bonds is 4. The molecule has 0 aliphatic rings. The number of amides is 1. The highest BCUT2D eigenvalue weighted by atomic mass is 79.9. The van der Waals surface area contributed by atoms with E-state index in [1.165, 1.54) is 0 Å². The van der Waals surface area contributed by atoms with E-state index >= 15 is 0 Å². The Kier molecular flexibility index (Phi) is 4.90. The van der Waals surface area contributed by atoms with Crippen LogP contribution in [0, 0.1) is 6.92 Å². The molecule has 0 bridgehead atoms. The number of carbonyl (C=O) groups excluding carboxylic acids is 1. The van der Waals surface area contributed by atoms with Crippen molar-refractivity contribution in [2.45, 2.75) is 39.7 Å². The summed E-state index contributed by atoms with van der Waals surface area (Å²) in [5.74, 6) is 0.602. The Balaban J connectivity index is 1.72. The van der Waals surface area contributed by atoms with Gasteiger partial charge in [-0.05, 0) is 25.1 Å². The van der Waals surface area contributed by atoms with Gasteiger partial charge in [0.15, 0.2) is 11.5 Å². The fourth-order valence-electron chi connectivity index (χ4n) is 2.27. The van der Waals surface area contributed by atoms with Gasteiger partial charge in [-0.15, -0.1) is 5.10 Å². The van der Waals surface area contributed by atoms with Crippen molar-refractivity contribution in [3.63, 3.8) is 0 Å². The van der Waals surface area contributed by atoms with Crippen molar-refractivity contribution in [2.75, 3.05) is 0 Å². The van der Waals surface area contributed by atoms with Gasteiger partial charge in [0, 0.05) is 9.89 Å². The fraction of sp³-hybridized carbons (Fsp3) is 0.353. The number of halogens is 1. The van der Waals surface area contributed by atoms with Crippen molar-refractivity contribution < 1.29 is 9.32 Å². The number of aromatic nitrogens is 5. The first-order valence-electron chi connectivity index (χ1n) is 8.05. The summed E-state index contributed by atoms with van der Waals surface area (Å²) in [5.41, 5.74) is 1.48. The van der Waals surface area contributed by atoms with Crippen molar-refractivity contribution in [3.8, 4) is 5.69 Å². The molecule has 0 spiro atoms. The molecule has 3 rings (SSSR count). The number of nitrogens with zero attached hydrogens (tertiary/aromatic N) is 5. The maximum absolute atomic E-state index is 12.4. The summed E-state index contributed by atoms with van der Waals surface area (Å²) in [5, 5.41) is 14.7. The van der Waals surface area contributed by atoms with E-state index in [0.717, 1.165) is 10.2 Å². The predicted molar refractivity (Wildman–Crippen MR) is 98.0 cm³/mol. The van der Waals surface area contributed by atoms with Crippen LogP contribution in [0.5, 0.6) is 0 Å². The molecule has 0 saturated heterocycles. The quantitative estimate of drug-likeness (QED) is 0.698. The van der Waals surface area contributed by atoms with E-state index in [4.69, 9.17) is 4.52 Å². The van der Waals surface area contributed by atoms with Gasteiger partial charge in [0.2, 0.25) is 5.89 Å². The standard InChI is InChI=1S/C17H19BrN6O2/c1-10-14(21-23-24(10)12-7-5-6-11(18)8-12)15(25)19-9-13-20-16(26-22-13)17(2,3)4/h5-8H,9H2,1-4H3,(H,19,25). The maximum Gasteiger partial charge on any atom is 0.274 e. The minimum atomic E-state index is -0.342. The average molecular weight is 419 g/mol. The van der Waals surface area contributed by atoms with Crippen molar-refractivity contribution in [2.24, 2.45) is 0 Å². The summed E-state index contributed by atoms with van der Waals surface area (Å²) >= 11 is 3.42. The first-order chi connectivity index (χ1) is 12.3. The normalized spacial score (nSPS) is 11.6. The van der Waals surface area contributed by atoms with Crippen LogP contribution in [0.25, 0.3) is 5.69 Å². The lowest BCUT2D eigenvalue weighted by atomic mass is 9.97. The van der Waals surface area contributed by atoms with Crippen LogP contribution in [-0.2, 0) is 12.0 Å². The van der Waals surface area contributed by atoms with Crippen molar-refractivity contribution in [3.05, 3.63) is 51.8 Å². The molecule has 0 saturated carbocycles. The maximum atomic E-state index is 12.4. The molecule has 0 fully saturated rings. The lowest BCUT2D eigenvalue weighted by molar-refractivity contribution is 0.0944. The van der Waals surface area contributed by atoms with Crippen LogP contribution in [0.2, 0.25) is 0 Å². The molecule has 8 nitrogen and oxygen atoms in total. The van der Waals surface area contributed by atoms with Gasteiger partial charge in [-0.1, -0.05) is 53.1 Å². The van der Waals surface area contributed by atoms with Crippen LogP contribution in [0.15, 0.2) is 33.3 Å². The lowest BCUT2D eigenvalue weighted by Crippen LogP contribution is -2.24. The SMILES string of the molecule is Cc1c(C(=O)NCc2noc(C(C)(C)C)n2)nnn1-c1cccc(Br)c1. The van der Waals surface area contributed by atoms with Gasteiger partial charge in [0.1, 0.15) is 0 Å². The van der Waals surface area contributed by atoms with Gasteiger partial charge in [-0.25, -0.2) is 4.68 Å². The molecular formula is C17H19BrN6O2. The third-order valence-electron chi connectivity index (χ3n) is 3.68. The molecule has 0 radical (unpaired) electrons. The second-order valence-corrected chi connectivity index (χ2v) is 7.78. The zero-order chi connectivity index (χ0) is 18.9. The molecule has 9 heteroatoms. The third-order valence-corrected chi connectivity index (χ3v) is 4.17. The molecule has 1 aromatic carbocycles. The van der Waals surface area contributed by atoms with Crippen LogP contribution in [-0.4, -0.2) is 31.0 Å². The summed E-state index contributed by atoms with van der Waals surface area (Å²) < 4.78 is 7.75. The molecule has 2 heterocycles. The largest absolute Gasteiger partial charge is 0.343 e. The molecule has 0 unspecified atom stereocenters. The molecule has 0 aliphatic carbocycles. The zero-order valence-electron chi connectivity index (χ0n) is 14.9. The van der Waals surface area contributed by atoms with E-state index in [1.807, 2.05) is 45.0 Å². The van der Waals surface area contributed by atoms with E-state index in [1.54, 1.807) is 11.6 Å². The number of hydrogen-bond acceptors (Lipinski definition) is 6. The first-order valence-corrected chi connectivity index (χ1v) is 8.84. The Bertz CT molecular complexity index is 941. The summed E-state index contributed by atoms with van der Waals surface area (Å²) in [6, 6.07) is 7.60. The fourth-order valence-corrected chi connectivity index (χ4v) is 2.65. The van der Waals surface area contributed by atoms with Gasteiger partial charge in [-0.2, -0.15) is 4.98 Å². The number of carbonyl (C=O) groups is 1. The second kappa shape index (κ2) is 6.99. The Morgan fingerprint density at radius 3 is 2.77 bits per heavy atom. The molecular weight excluding hydrogens is 400 g/mol. The average Bonchev–Trinajstić information content (AvgIpc) is 3.19. The Hall–Kier alpha value is -2.55. The Morgan fingerprint density at radius 2 is 2.12 bits per heavy atom. The second-order valence-electron chi connectivity index (χ2n) is 6.86. The Labute approximate surface area is 159 Å². The molecule has 136 valence electrons. The summed E-state index contributed by atoms with van der Waals surface area (Å²) in [6.07, 6.45) is 0. The van der Waals surface area contributed by atoms with E-state index in [2.05, 4.69) is 41.7 Å². The number of benzene rings is 1. The first kappa shape index (κ1) is 18.2. The van der Waals surface area contributed by atoms with Crippen LogP contribution >= 0.6 is 15.9 Å². The van der Waals surface area contributed by atoms with Gasteiger partial charge < -0.3 is 9.84 Å². The van der Waals surface area contributed by atoms with Crippen LogP contribution in [0.4, 0.5) is 0 Å². The van der Waals surface area contributed by atoms with Gasteiger partial charge >= 0.3 is 0 Å². The number of nitrogens with one attached hydrogen (secondary N) is 1. The van der Waals surface area contributed by atoms with E-state index in [0.29, 0.717) is 17.4 Å². The van der Waals surface area contributed by atoms with Gasteiger partial charge in [-0.3, -0.25) is 4.79 Å². The predicted octanol–water partition coefficient (Wildman–Crippen LogP) is 2.95. The van der Waals surface area contributed by atoms with Crippen molar-refractivity contribution >= 4 is 21.8 Å². The highest BCUT2D eigenvalue weighted by molar-refractivity contribution is 9.10. The van der Waals surface area contributed by atoms with E-state index < -0.39 is 0 Å². The highest BCUT2D eigenvalue weighted by Gasteiger charge is 2.22. The molecule has 3 aromatic rings. The van der Waals surface area contributed by atoms with Crippen LogP contribution < -0.4 is 5.32 Å². The smallest absolute Gasteiger partial charge is 0.274 e. The molecule has 1 amide bonds. The third kappa shape index (κ3) is 3.82. The van der Waals surface area contributed by atoms with Crippen LogP contribution in [0.1, 0.15) is 48.7 Å². The van der Waals surface area contributed by atoms with Crippen LogP contribution in [0.3, 0.4) is 0 Å². The molecule has 1 N–H and O–H groups in total. The molecule has 0 atom stereocenters. The van der Waals surface area contributed by atoms with E-state index in [-0.39, 0.29) is 23.6 Å². The molecule has 26 heavy (non-hydrogen) atoms. The molecule has 0 aliphatic heterocycles. The summed E-state index contributed by atoms with van der Waals surface area (Å²) in [6.45, 7) is 7.88. The van der Waals surface area contributed by atoms with Gasteiger partial charge in [0.25, 0.3) is 5.91 Å². The number of hydrogen-bond donors (Lipinski definition) is 1. The molecule has 2 aromatic heterocycles. The Morgan fingerprint density at radius 1 is 1.35 bits per heavy atom. The van der Waals surface area contributed by atoms with Gasteiger partial charge in [0.05, 0.1) is 17.9 Å². The van der Waals surface area contributed by atoms with E-state index in [9.17, 15) is 4.79 Å². The highest BCUT2D eigenvalue weighted by Crippen LogP contribution is 2.20. The monoisotopic (exact) mass is 418 g/mol. The zero-order valence-corrected chi connectivity index (χ0v) is 16.5. The van der Waals surface area contributed by atoms with Crippen molar-refractivity contribution in [1.82, 2.24) is 30.5 Å². The van der Waals surface area contributed by atoms with Crippen molar-refractivity contribution in [1.29, 1.82) is 0 Å². The topological polar surface area (TPSA) is 98.7 Å². The lowest BCUT2D eigenvalue weighted by Gasteiger charge is -2.10.